The van der Waals surface area contributed by atoms with Gasteiger partial charge >= 0.3 is 6.03 Å². The number of urea groups is 1. The molecule has 4 rings (SSSR count). The van der Waals surface area contributed by atoms with Gasteiger partial charge in [-0.3, -0.25) is 4.79 Å². The van der Waals surface area contributed by atoms with Crippen molar-refractivity contribution in [3.63, 3.8) is 0 Å². The van der Waals surface area contributed by atoms with Crippen LogP contribution in [-0.2, 0) is 13.1 Å². The predicted molar refractivity (Wildman–Crippen MR) is 140 cm³/mol. The Bertz CT molecular complexity index is 1110. The average molecular weight is 472 g/mol. The van der Waals surface area contributed by atoms with Gasteiger partial charge < -0.3 is 26.2 Å². The zero-order valence-electron chi connectivity index (χ0n) is 20.0. The Labute approximate surface area is 206 Å². The summed E-state index contributed by atoms with van der Waals surface area (Å²) < 4.78 is 0. The van der Waals surface area contributed by atoms with Gasteiger partial charge in [-0.15, -0.1) is 0 Å². The van der Waals surface area contributed by atoms with Crippen molar-refractivity contribution >= 4 is 23.3 Å². The van der Waals surface area contributed by atoms with Crippen molar-refractivity contribution < 1.29 is 9.59 Å². The molecule has 7 nitrogen and oxygen atoms in total. The fourth-order valence-corrected chi connectivity index (χ4v) is 4.19. The van der Waals surface area contributed by atoms with Crippen molar-refractivity contribution in [3.05, 3.63) is 95.6 Å². The summed E-state index contributed by atoms with van der Waals surface area (Å²) in [7, 11) is 0. The topological polar surface area (TPSA) is 90.7 Å². The van der Waals surface area contributed by atoms with Crippen LogP contribution in [0, 0.1) is 0 Å². The molecular formula is C28H33N5O2. The molecule has 7 heteroatoms. The summed E-state index contributed by atoms with van der Waals surface area (Å²) in [5, 5.41) is 5.89. The Kier molecular flexibility index (Phi) is 8.35. The number of nitrogens with zero attached hydrogens (tertiary/aromatic N) is 2. The lowest BCUT2D eigenvalue weighted by atomic mass is 10.1. The molecule has 35 heavy (non-hydrogen) atoms. The molecule has 0 spiro atoms. The van der Waals surface area contributed by atoms with Gasteiger partial charge in [-0.1, -0.05) is 54.6 Å². The molecule has 3 aromatic carbocycles. The second-order valence-corrected chi connectivity index (χ2v) is 8.85. The quantitative estimate of drug-likeness (QED) is 0.405. The molecule has 3 amide bonds. The lowest BCUT2D eigenvalue weighted by Gasteiger charge is -2.26. The number of nitrogens with two attached hydrogens (primary N) is 1. The van der Waals surface area contributed by atoms with Crippen LogP contribution in [0.3, 0.4) is 0 Å². The lowest BCUT2D eigenvalue weighted by molar-refractivity contribution is 0.102. The zero-order valence-corrected chi connectivity index (χ0v) is 20.0. The Morgan fingerprint density at radius 1 is 0.857 bits per heavy atom. The van der Waals surface area contributed by atoms with E-state index in [1.54, 1.807) is 24.3 Å². The normalized spacial score (nSPS) is 13.4. The molecule has 0 unspecified atom stereocenters. The minimum absolute atomic E-state index is 0.0885. The van der Waals surface area contributed by atoms with Gasteiger partial charge in [-0.2, -0.15) is 0 Å². The van der Waals surface area contributed by atoms with E-state index in [4.69, 9.17) is 5.73 Å². The van der Waals surface area contributed by atoms with Gasteiger partial charge in [0.05, 0.1) is 11.4 Å². The van der Waals surface area contributed by atoms with Gasteiger partial charge in [0.25, 0.3) is 5.91 Å². The molecule has 4 N–H and O–H groups in total. The molecular weight excluding hydrogens is 438 g/mol. The van der Waals surface area contributed by atoms with Crippen LogP contribution in [0.5, 0.6) is 0 Å². The van der Waals surface area contributed by atoms with E-state index in [1.807, 2.05) is 59.5 Å². The third-order valence-electron chi connectivity index (χ3n) is 6.26. The summed E-state index contributed by atoms with van der Waals surface area (Å²) in [6.07, 6.45) is 2.44. The highest BCUT2D eigenvalue weighted by Crippen LogP contribution is 2.18. The standard InChI is InChI=1S/C28H33N5O2/c29-25-10-4-5-11-26(25)31-27(34)24-14-12-23(13-15-24)21-33(19-18-32-16-6-7-17-32)28(35)30-20-22-8-2-1-3-9-22/h1-5,8-15H,6-7,16-21,29H2,(H,30,35)(H,31,34). The van der Waals surface area contributed by atoms with Crippen LogP contribution < -0.4 is 16.4 Å². The van der Waals surface area contributed by atoms with Crippen molar-refractivity contribution in [2.24, 2.45) is 0 Å². The van der Waals surface area contributed by atoms with Crippen LogP contribution in [0.25, 0.3) is 0 Å². The SMILES string of the molecule is Nc1ccccc1NC(=O)c1ccc(CN(CCN2CCCC2)C(=O)NCc2ccccc2)cc1. The largest absolute Gasteiger partial charge is 0.397 e. The summed E-state index contributed by atoms with van der Waals surface area (Å²) in [6.45, 7) is 4.65. The maximum atomic E-state index is 13.1. The molecule has 3 aromatic rings. The lowest BCUT2D eigenvalue weighted by Crippen LogP contribution is -2.43. The Balaban J connectivity index is 1.38. The van der Waals surface area contributed by atoms with Crippen molar-refractivity contribution in [2.45, 2.75) is 25.9 Å². The fourth-order valence-electron chi connectivity index (χ4n) is 4.19. The molecule has 0 atom stereocenters. The molecule has 1 heterocycles. The van der Waals surface area contributed by atoms with Crippen LogP contribution in [0.15, 0.2) is 78.9 Å². The molecule has 0 radical (unpaired) electrons. The highest BCUT2D eigenvalue weighted by molar-refractivity contribution is 6.05. The molecule has 0 bridgehead atoms. The molecule has 1 fully saturated rings. The molecule has 0 aliphatic carbocycles. The van der Waals surface area contributed by atoms with E-state index in [0.717, 1.165) is 30.8 Å². The maximum absolute atomic E-state index is 13.1. The molecule has 0 aromatic heterocycles. The van der Waals surface area contributed by atoms with Crippen molar-refractivity contribution in [1.82, 2.24) is 15.1 Å². The highest BCUT2D eigenvalue weighted by atomic mass is 16.2. The first-order chi connectivity index (χ1) is 17.1. The van der Waals surface area contributed by atoms with E-state index in [9.17, 15) is 9.59 Å². The van der Waals surface area contributed by atoms with E-state index in [1.165, 1.54) is 12.8 Å². The van der Waals surface area contributed by atoms with Crippen LogP contribution in [0.4, 0.5) is 16.2 Å². The predicted octanol–water partition coefficient (Wildman–Crippen LogP) is 4.33. The Hall–Kier alpha value is -3.84. The van der Waals surface area contributed by atoms with Crippen molar-refractivity contribution in [1.29, 1.82) is 0 Å². The van der Waals surface area contributed by atoms with Crippen molar-refractivity contribution in [2.75, 3.05) is 37.2 Å². The van der Waals surface area contributed by atoms with E-state index in [0.29, 0.717) is 36.6 Å². The zero-order chi connectivity index (χ0) is 24.5. The number of hydrogen-bond donors (Lipinski definition) is 3. The van der Waals surface area contributed by atoms with Gasteiger partial charge in [0.15, 0.2) is 0 Å². The monoisotopic (exact) mass is 471 g/mol. The number of anilines is 2. The number of para-hydroxylation sites is 2. The summed E-state index contributed by atoms with van der Waals surface area (Å²) >= 11 is 0. The number of rotatable bonds is 9. The van der Waals surface area contributed by atoms with Gasteiger partial charge in [-0.25, -0.2) is 4.79 Å². The third kappa shape index (κ3) is 7.07. The molecule has 0 saturated carbocycles. The van der Waals surface area contributed by atoms with Gasteiger partial charge in [0, 0.05) is 31.7 Å². The Morgan fingerprint density at radius 3 is 2.26 bits per heavy atom. The van der Waals surface area contributed by atoms with E-state index < -0.39 is 0 Å². The third-order valence-corrected chi connectivity index (χ3v) is 6.26. The second-order valence-electron chi connectivity index (χ2n) is 8.85. The molecule has 1 aliphatic heterocycles. The van der Waals surface area contributed by atoms with E-state index >= 15 is 0 Å². The van der Waals surface area contributed by atoms with Crippen LogP contribution in [0.2, 0.25) is 0 Å². The second kappa shape index (κ2) is 12.0. The first kappa shape index (κ1) is 24.3. The molecule has 182 valence electrons. The number of likely N-dealkylation sites (tertiary alicyclic amines) is 1. The smallest absolute Gasteiger partial charge is 0.318 e. The number of nitrogen functional groups attached to an aromatic ring is 1. The van der Waals surface area contributed by atoms with Gasteiger partial charge in [0.2, 0.25) is 0 Å². The van der Waals surface area contributed by atoms with E-state index in [2.05, 4.69) is 15.5 Å². The summed E-state index contributed by atoms with van der Waals surface area (Å²) in [4.78, 5) is 29.9. The summed E-state index contributed by atoms with van der Waals surface area (Å²) in [5.41, 5.74) is 9.61. The number of amides is 3. The minimum atomic E-state index is -0.221. The first-order valence-corrected chi connectivity index (χ1v) is 12.1. The van der Waals surface area contributed by atoms with E-state index in [-0.39, 0.29) is 11.9 Å². The number of carbonyl (C=O) groups is 2. The summed E-state index contributed by atoms with van der Waals surface area (Å²) in [6, 6.07) is 24.4. The average Bonchev–Trinajstić information content (AvgIpc) is 3.41. The molecule has 1 aliphatic rings. The van der Waals surface area contributed by atoms with Gasteiger partial charge in [-0.05, 0) is 61.3 Å². The van der Waals surface area contributed by atoms with Crippen LogP contribution in [0.1, 0.15) is 34.3 Å². The minimum Gasteiger partial charge on any atom is -0.397 e. The van der Waals surface area contributed by atoms with Crippen LogP contribution in [-0.4, -0.2) is 47.9 Å². The number of hydrogen-bond acceptors (Lipinski definition) is 4. The van der Waals surface area contributed by atoms with Crippen LogP contribution >= 0.6 is 0 Å². The Morgan fingerprint density at radius 2 is 1.54 bits per heavy atom. The number of carbonyl (C=O) groups excluding carboxylic acids is 2. The maximum Gasteiger partial charge on any atom is 0.318 e. The number of nitrogens with one attached hydrogen (secondary N) is 2. The number of benzene rings is 3. The fraction of sp³-hybridized carbons (Fsp3) is 0.286. The first-order valence-electron chi connectivity index (χ1n) is 12.1. The summed E-state index contributed by atoms with van der Waals surface area (Å²) in [5.74, 6) is -0.221. The molecule has 1 saturated heterocycles. The highest BCUT2D eigenvalue weighted by Gasteiger charge is 2.18. The van der Waals surface area contributed by atoms with Crippen molar-refractivity contribution in [3.8, 4) is 0 Å². The van der Waals surface area contributed by atoms with Gasteiger partial charge in [0.1, 0.15) is 0 Å².